The van der Waals surface area contributed by atoms with Crippen LogP contribution in [0, 0.1) is 17.0 Å². The zero-order chi connectivity index (χ0) is 26.5. The molecule has 0 bridgehead atoms. The van der Waals surface area contributed by atoms with Gasteiger partial charge in [-0.1, -0.05) is 47.1 Å². The van der Waals surface area contributed by atoms with Gasteiger partial charge in [0.05, 0.1) is 22.0 Å². The van der Waals surface area contributed by atoms with Crippen LogP contribution in [0.25, 0.3) is 10.9 Å². The van der Waals surface area contributed by atoms with Crippen molar-refractivity contribution in [1.82, 2.24) is 9.66 Å². The maximum atomic E-state index is 13.2. The summed E-state index contributed by atoms with van der Waals surface area (Å²) in [6.45, 7) is 3.22. The van der Waals surface area contributed by atoms with Crippen LogP contribution in [0.15, 0.2) is 75.0 Å². The molecule has 0 saturated heterocycles. The van der Waals surface area contributed by atoms with Crippen LogP contribution in [0.1, 0.15) is 23.9 Å². The molecule has 37 heavy (non-hydrogen) atoms. The minimum absolute atomic E-state index is 0.140. The van der Waals surface area contributed by atoms with Crippen molar-refractivity contribution >= 4 is 50.3 Å². The van der Waals surface area contributed by atoms with E-state index in [-0.39, 0.29) is 22.6 Å². The number of nitrogens with zero attached hydrogens (tertiary/aromatic N) is 4. The lowest BCUT2D eigenvalue weighted by Gasteiger charge is -2.11. The van der Waals surface area contributed by atoms with Crippen molar-refractivity contribution in [3.8, 4) is 5.75 Å². The number of amides is 1. The Balaban J connectivity index is 1.67. The van der Waals surface area contributed by atoms with Gasteiger partial charge < -0.3 is 10.1 Å². The van der Waals surface area contributed by atoms with Crippen LogP contribution >= 0.6 is 15.9 Å². The first-order chi connectivity index (χ1) is 17.8. The van der Waals surface area contributed by atoms with E-state index in [0.717, 1.165) is 14.7 Å². The summed E-state index contributed by atoms with van der Waals surface area (Å²) < 4.78 is 7.49. The van der Waals surface area contributed by atoms with Gasteiger partial charge in [-0.15, -0.1) is 0 Å². The Bertz CT molecular complexity index is 1600. The van der Waals surface area contributed by atoms with Crippen molar-refractivity contribution in [3.05, 3.63) is 103 Å². The fraction of sp³-hybridized carbons (Fsp3) is 0.154. The molecular formula is C26H22BrN5O5. The predicted molar refractivity (Wildman–Crippen MR) is 144 cm³/mol. The summed E-state index contributed by atoms with van der Waals surface area (Å²) in [5, 5.41) is 19.1. The average molecular weight is 564 g/mol. The van der Waals surface area contributed by atoms with Crippen molar-refractivity contribution < 1.29 is 14.5 Å². The number of aromatic nitrogens is 2. The number of carbonyl (C=O) groups is 1. The third-order valence-electron chi connectivity index (χ3n) is 5.49. The van der Waals surface area contributed by atoms with Crippen molar-refractivity contribution in [2.45, 2.75) is 20.3 Å². The van der Waals surface area contributed by atoms with Crippen molar-refractivity contribution in [1.29, 1.82) is 0 Å². The van der Waals surface area contributed by atoms with Crippen LogP contribution in [0.3, 0.4) is 0 Å². The largest absolute Gasteiger partial charge is 0.476 e. The number of hydrogen-bond acceptors (Lipinski definition) is 7. The number of halogens is 1. The molecule has 188 valence electrons. The molecule has 0 unspecified atom stereocenters. The Morgan fingerprint density at radius 3 is 2.73 bits per heavy atom. The Kier molecular flexibility index (Phi) is 7.73. The number of benzene rings is 3. The molecule has 0 aliphatic rings. The Morgan fingerprint density at radius 1 is 1.22 bits per heavy atom. The second-order valence-electron chi connectivity index (χ2n) is 8.01. The zero-order valence-electron chi connectivity index (χ0n) is 20.0. The SMILES string of the molecule is CCc1nc2ccc(Br)cc2c(=O)n1N=Cc1cccc([N+](=O)[O-])c1OCC(=O)Nc1ccccc1C. The maximum Gasteiger partial charge on any atom is 0.311 e. The summed E-state index contributed by atoms with van der Waals surface area (Å²) in [6.07, 6.45) is 1.71. The molecule has 4 aromatic rings. The predicted octanol–water partition coefficient (Wildman–Crippen LogP) is 4.84. The number of anilines is 1. The molecule has 1 N–H and O–H groups in total. The summed E-state index contributed by atoms with van der Waals surface area (Å²) in [4.78, 5) is 41.2. The normalized spacial score (nSPS) is 11.1. The second-order valence-corrected chi connectivity index (χ2v) is 8.92. The number of hydrogen-bond donors (Lipinski definition) is 1. The van der Waals surface area contributed by atoms with E-state index in [1.807, 2.05) is 26.0 Å². The smallest absolute Gasteiger partial charge is 0.311 e. The summed E-state index contributed by atoms with van der Waals surface area (Å²) in [5.74, 6) is -0.204. The van der Waals surface area contributed by atoms with Crippen molar-refractivity contribution in [2.75, 3.05) is 11.9 Å². The first-order valence-electron chi connectivity index (χ1n) is 11.3. The van der Waals surface area contributed by atoms with Crippen LogP contribution in [0.2, 0.25) is 0 Å². The van der Waals surface area contributed by atoms with Gasteiger partial charge in [0.2, 0.25) is 5.75 Å². The van der Waals surface area contributed by atoms with Gasteiger partial charge in [-0.3, -0.25) is 19.7 Å². The van der Waals surface area contributed by atoms with E-state index in [4.69, 9.17) is 4.74 Å². The third kappa shape index (κ3) is 5.72. The molecule has 1 aromatic heterocycles. The van der Waals surface area contributed by atoms with E-state index in [1.165, 1.54) is 18.3 Å². The maximum absolute atomic E-state index is 13.2. The highest BCUT2D eigenvalue weighted by atomic mass is 79.9. The minimum atomic E-state index is -0.606. The highest BCUT2D eigenvalue weighted by Crippen LogP contribution is 2.30. The number of nitrogens with one attached hydrogen (secondary N) is 1. The molecule has 4 rings (SSSR count). The summed E-state index contributed by atoms with van der Waals surface area (Å²) in [7, 11) is 0. The Morgan fingerprint density at radius 2 is 2.00 bits per heavy atom. The number of para-hydroxylation sites is 2. The van der Waals surface area contributed by atoms with Gasteiger partial charge in [-0.2, -0.15) is 9.78 Å². The van der Waals surface area contributed by atoms with E-state index in [9.17, 15) is 19.7 Å². The number of ether oxygens (including phenoxy) is 1. The summed E-state index contributed by atoms with van der Waals surface area (Å²) >= 11 is 3.36. The number of fused-ring (bicyclic) bond motifs is 1. The highest BCUT2D eigenvalue weighted by molar-refractivity contribution is 9.10. The van der Waals surface area contributed by atoms with E-state index in [2.05, 4.69) is 31.3 Å². The third-order valence-corrected chi connectivity index (χ3v) is 5.99. The molecule has 0 fully saturated rings. The molecule has 0 aliphatic heterocycles. The number of aryl methyl sites for hydroxylation is 2. The number of nitro groups is 1. The molecule has 0 saturated carbocycles. The van der Waals surface area contributed by atoms with Gasteiger partial charge in [-0.25, -0.2) is 4.98 Å². The van der Waals surface area contributed by atoms with Gasteiger partial charge in [0.15, 0.2) is 6.61 Å². The molecule has 0 atom stereocenters. The molecule has 1 amide bonds. The van der Waals surface area contributed by atoms with E-state index in [1.54, 1.807) is 36.4 Å². The van der Waals surface area contributed by atoms with Gasteiger partial charge in [0.25, 0.3) is 11.5 Å². The van der Waals surface area contributed by atoms with Crippen LogP contribution in [0.4, 0.5) is 11.4 Å². The lowest BCUT2D eigenvalue weighted by atomic mass is 10.2. The first kappa shape index (κ1) is 25.7. The van der Waals surface area contributed by atoms with Gasteiger partial charge >= 0.3 is 5.69 Å². The van der Waals surface area contributed by atoms with Gasteiger partial charge in [0, 0.05) is 28.2 Å². The topological polar surface area (TPSA) is 129 Å². The van der Waals surface area contributed by atoms with E-state index in [0.29, 0.717) is 28.8 Å². The van der Waals surface area contributed by atoms with E-state index >= 15 is 0 Å². The van der Waals surface area contributed by atoms with Crippen LogP contribution in [-0.2, 0) is 11.2 Å². The lowest BCUT2D eigenvalue weighted by molar-refractivity contribution is -0.385. The zero-order valence-corrected chi connectivity index (χ0v) is 21.6. The molecule has 3 aromatic carbocycles. The van der Waals surface area contributed by atoms with Crippen molar-refractivity contribution in [3.63, 3.8) is 0 Å². The Hall–Kier alpha value is -4.38. The highest BCUT2D eigenvalue weighted by Gasteiger charge is 2.20. The van der Waals surface area contributed by atoms with Crippen LogP contribution in [0.5, 0.6) is 5.75 Å². The lowest BCUT2D eigenvalue weighted by Crippen LogP contribution is -2.22. The second kappa shape index (κ2) is 11.1. The minimum Gasteiger partial charge on any atom is -0.476 e. The quantitative estimate of drug-likeness (QED) is 0.185. The standard InChI is InChI=1S/C26H22BrN5O5/c1-3-23-29-21-12-11-18(27)13-19(21)26(34)31(23)28-14-17-8-6-10-22(32(35)36)25(17)37-15-24(33)30-20-9-5-4-7-16(20)2/h4-14H,3,15H2,1-2H3,(H,30,33). The molecule has 0 radical (unpaired) electrons. The number of carbonyl (C=O) groups excluding carboxylic acids is 1. The number of rotatable bonds is 8. The fourth-order valence-electron chi connectivity index (χ4n) is 3.64. The monoisotopic (exact) mass is 563 g/mol. The molecular weight excluding hydrogens is 542 g/mol. The first-order valence-corrected chi connectivity index (χ1v) is 12.1. The molecule has 0 spiro atoms. The number of nitro benzene ring substituents is 1. The van der Waals surface area contributed by atoms with Crippen molar-refractivity contribution in [2.24, 2.45) is 5.10 Å². The summed E-state index contributed by atoms with van der Waals surface area (Å²) in [5.41, 5.74) is 1.52. The van der Waals surface area contributed by atoms with Gasteiger partial charge in [0.1, 0.15) is 5.82 Å². The molecule has 0 aliphatic carbocycles. The van der Waals surface area contributed by atoms with Gasteiger partial charge in [-0.05, 0) is 42.8 Å². The van der Waals surface area contributed by atoms with Crippen LogP contribution in [-0.4, -0.2) is 33.3 Å². The van der Waals surface area contributed by atoms with Crippen LogP contribution < -0.4 is 15.6 Å². The molecule has 10 nitrogen and oxygen atoms in total. The molecule has 1 heterocycles. The average Bonchev–Trinajstić information content (AvgIpc) is 2.88. The fourth-order valence-corrected chi connectivity index (χ4v) is 4.01. The molecule has 11 heteroatoms. The summed E-state index contributed by atoms with van der Waals surface area (Å²) in [6, 6.07) is 16.7. The van der Waals surface area contributed by atoms with E-state index < -0.39 is 17.4 Å². The Labute approximate surface area is 219 Å².